The summed E-state index contributed by atoms with van der Waals surface area (Å²) in [6.07, 6.45) is 2.29. The van der Waals surface area contributed by atoms with Gasteiger partial charge in [-0.3, -0.25) is 9.36 Å². The van der Waals surface area contributed by atoms with Gasteiger partial charge in [-0.1, -0.05) is 23.9 Å². The van der Waals surface area contributed by atoms with Gasteiger partial charge in [-0.2, -0.15) is 0 Å². The molecule has 0 atom stereocenters. The topological polar surface area (TPSA) is 72.3 Å². The van der Waals surface area contributed by atoms with Crippen LogP contribution in [0.5, 0.6) is 0 Å². The van der Waals surface area contributed by atoms with E-state index in [0.717, 1.165) is 47.2 Å². The minimum atomic E-state index is -0.0554. The van der Waals surface area contributed by atoms with Gasteiger partial charge >= 0.3 is 0 Å². The molecule has 1 aromatic carbocycles. The van der Waals surface area contributed by atoms with Crippen LogP contribution >= 0.6 is 27.7 Å². The van der Waals surface area contributed by atoms with E-state index in [1.54, 1.807) is 0 Å². The molecule has 2 fully saturated rings. The van der Waals surface area contributed by atoms with Crippen molar-refractivity contribution in [2.75, 3.05) is 42.3 Å². The van der Waals surface area contributed by atoms with Gasteiger partial charge in [0.2, 0.25) is 11.9 Å². The van der Waals surface area contributed by atoms with Gasteiger partial charge in [0.15, 0.2) is 5.16 Å². The average Bonchev–Trinajstić information content (AvgIpc) is 3.42. The molecule has 138 valence electrons. The Morgan fingerprint density at radius 1 is 1.27 bits per heavy atom. The quantitative estimate of drug-likeness (QED) is 0.700. The number of benzene rings is 1. The number of thioether (sulfide) groups is 1. The fraction of sp³-hybridized carbons (Fsp3) is 0.471. The predicted molar refractivity (Wildman–Crippen MR) is 105 cm³/mol. The standard InChI is InChI=1S/C17H20BrN5O2S/c18-13-3-1-2-4-14(13)19-15(24)11-26-17-21-20-16(23(17)12-5-6-12)22-7-9-25-10-8-22/h1-4,12H,5-11H2,(H,19,24). The molecule has 1 aliphatic heterocycles. The van der Waals surface area contributed by atoms with Gasteiger partial charge in [0.25, 0.3) is 0 Å². The number of carbonyl (C=O) groups is 1. The number of nitrogens with zero attached hydrogens (tertiary/aromatic N) is 4. The average molecular weight is 438 g/mol. The lowest BCUT2D eigenvalue weighted by Crippen LogP contribution is -2.38. The molecule has 1 saturated heterocycles. The van der Waals surface area contributed by atoms with Crippen molar-refractivity contribution >= 4 is 45.2 Å². The van der Waals surface area contributed by atoms with E-state index in [2.05, 4.69) is 40.9 Å². The predicted octanol–water partition coefficient (Wildman–Crippen LogP) is 2.94. The number of rotatable bonds is 6. The van der Waals surface area contributed by atoms with Crippen LogP contribution in [0.2, 0.25) is 0 Å². The summed E-state index contributed by atoms with van der Waals surface area (Å²) in [6.45, 7) is 3.10. The molecule has 4 rings (SSSR count). The first-order valence-corrected chi connectivity index (χ1v) is 10.4. The van der Waals surface area contributed by atoms with Gasteiger partial charge in [-0.25, -0.2) is 0 Å². The van der Waals surface area contributed by atoms with Crippen LogP contribution in [0, 0.1) is 0 Å². The Hall–Kier alpha value is -1.58. The summed E-state index contributed by atoms with van der Waals surface area (Å²) in [6, 6.07) is 8.04. The Balaban J connectivity index is 1.42. The zero-order valence-corrected chi connectivity index (χ0v) is 16.6. The van der Waals surface area contributed by atoms with Crippen LogP contribution in [0.4, 0.5) is 11.6 Å². The van der Waals surface area contributed by atoms with Gasteiger partial charge in [-0.05, 0) is 40.9 Å². The van der Waals surface area contributed by atoms with Crippen molar-refractivity contribution in [3.05, 3.63) is 28.7 Å². The van der Waals surface area contributed by atoms with E-state index in [1.165, 1.54) is 11.8 Å². The van der Waals surface area contributed by atoms with E-state index in [9.17, 15) is 4.79 Å². The van der Waals surface area contributed by atoms with E-state index in [-0.39, 0.29) is 5.91 Å². The lowest BCUT2D eigenvalue weighted by Gasteiger charge is -2.27. The second-order valence-corrected chi connectivity index (χ2v) is 8.10. The van der Waals surface area contributed by atoms with Crippen LogP contribution in [0.25, 0.3) is 0 Å². The Morgan fingerprint density at radius 3 is 2.77 bits per heavy atom. The number of hydrogen-bond acceptors (Lipinski definition) is 6. The van der Waals surface area contributed by atoms with E-state index >= 15 is 0 Å². The van der Waals surface area contributed by atoms with Crippen LogP contribution < -0.4 is 10.2 Å². The van der Waals surface area contributed by atoms with Crippen molar-refractivity contribution in [1.29, 1.82) is 0 Å². The number of amides is 1. The first-order valence-electron chi connectivity index (χ1n) is 8.67. The number of anilines is 2. The molecule has 1 N–H and O–H groups in total. The second-order valence-electron chi connectivity index (χ2n) is 6.30. The van der Waals surface area contributed by atoms with Crippen LogP contribution in [0.15, 0.2) is 33.9 Å². The molecular formula is C17H20BrN5O2S. The highest BCUT2D eigenvalue weighted by Crippen LogP contribution is 2.41. The second kappa shape index (κ2) is 7.98. The summed E-state index contributed by atoms with van der Waals surface area (Å²) < 4.78 is 8.49. The number of ether oxygens (including phenoxy) is 1. The molecule has 1 amide bonds. The maximum absolute atomic E-state index is 12.3. The molecule has 1 aromatic heterocycles. The van der Waals surface area contributed by atoms with Crippen molar-refractivity contribution in [3.63, 3.8) is 0 Å². The van der Waals surface area contributed by atoms with Gasteiger partial charge in [0.05, 0.1) is 24.7 Å². The van der Waals surface area contributed by atoms with Crippen molar-refractivity contribution in [3.8, 4) is 0 Å². The molecule has 0 spiro atoms. The molecule has 1 saturated carbocycles. The van der Waals surface area contributed by atoms with Crippen LogP contribution in [-0.4, -0.2) is 52.7 Å². The zero-order chi connectivity index (χ0) is 17.9. The molecule has 0 radical (unpaired) electrons. The zero-order valence-electron chi connectivity index (χ0n) is 14.2. The Kier molecular flexibility index (Phi) is 5.46. The number of halogens is 1. The van der Waals surface area contributed by atoms with Crippen LogP contribution in [0.3, 0.4) is 0 Å². The molecule has 9 heteroatoms. The highest BCUT2D eigenvalue weighted by atomic mass is 79.9. The first-order chi connectivity index (χ1) is 12.7. The molecule has 0 unspecified atom stereocenters. The maximum atomic E-state index is 12.3. The number of carbonyl (C=O) groups excluding carboxylic acids is 1. The number of nitrogens with one attached hydrogen (secondary N) is 1. The molecule has 2 aromatic rings. The molecule has 2 aliphatic rings. The summed E-state index contributed by atoms with van der Waals surface area (Å²) in [4.78, 5) is 14.5. The number of hydrogen-bond donors (Lipinski definition) is 1. The molecule has 26 heavy (non-hydrogen) atoms. The molecule has 1 aliphatic carbocycles. The minimum absolute atomic E-state index is 0.0554. The van der Waals surface area contributed by atoms with Crippen molar-refractivity contribution < 1.29 is 9.53 Å². The smallest absolute Gasteiger partial charge is 0.234 e. The van der Waals surface area contributed by atoms with E-state index in [0.29, 0.717) is 25.0 Å². The van der Waals surface area contributed by atoms with Crippen LogP contribution in [0.1, 0.15) is 18.9 Å². The van der Waals surface area contributed by atoms with Gasteiger partial charge in [-0.15, -0.1) is 10.2 Å². The molecular weight excluding hydrogens is 418 g/mol. The summed E-state index contributed by atoms with van der Waals surface area (Å²) in [5.41, 5.74) is 0.774. The summed E-state index contributed by atoms with van der Waals surface area (Å²) in [5, 5.41) is 12.5. The molecule has 0 bridgehead atoms. The fourth-order valence-corrected chi connectivity index (χ4v) is 4.06. The number of aromatic nitrogens is 3. The van der Waals surface area contributed by atoms with Crippen molar-refractivity contribution in [2.24, 2.45) is 0 Å². The summed E-state index contributed by atoms with van der Waals surface area (Å²) >= 11 is 4.88. The largest absolute Gasteiger partial charge is 0.378 e. The van der Waals surface area contributed by atoms with Crippen molar-refractivity contribution in [1.82, 2.24) is 14.8 Å². The highest BCUT2D eigenvalue weighted by molar-refractivity contribution is 9.10. The highest BCUT2D eigenvalue weighted by Gasteiger charge is 2.32. The summed E-state index contributed by atoms with van der Waals surface area (Å²) in [7, 11) is 0. The van der Waals surface area contributed by atoms with Crippen molar-refractivity contribution in [2.45, 2.75) is 24.0 Å². The number of morpholine rings is 1. The number of para-hydroxylation sites is 1. The van der Waals surface area contributed by atoms with Gasteiger partial charge in [0.1, 0.15) is 0 Å². The third-order valence-corrected chi connectivity index (χ3v) is 5.97. The Labute approximate surface area is 164 Å². The van der Waals surface area contributed by atoms with Crippen LogP contribution in [-0.2, 0) is 9.53 Å². The third kappa shape index (κ3) is 4.05. The van der Waals surface area contributed by atoms with E-state index in [4.69, 9.17) is 4.74 Å². The SMILES string of the molecule is O=C(CSc1nnc(N2CCOCC2)n1C1CC1)Nc1ccccc1Br. The summed E-state index contributed by atoms with van der Waals surface area (Å²) in [5.74, 6) is 1.15. The first kappa shape index (κ1) is 17.8. The van der Waals surface area contributed by atoms with Gasteiger partial charge in [0, 0.05) is 23.6 Å². The third-order valence-electron chi connectivity index (χ3n) is 4.33. The maximum Gasteiger partial charge on any atom is 0.234 e. The Bertz CT molecular complexity index is 789. The van der Waals surface area contributed by atoms with E-state index in [1.807, 2.05) is 24.3 Å². The minimum Gasteiger partial charge on any atom is -0.378 e. The monoisotopic (exact) mass is 437 g/mol. The fourth-order valence-electron chi connectivity index (χ4n) is 2.88. The molecule has 2 heterocycles. The Morgan fingerprint density at radius 2 is 2.04 bits per heavy atom. The van der Waals surface area contributed by atoms with Gasteiger partial charge < -0.3 is 15.0 Å². The normalized spacial score (nSPS) is 17.3. The lowest BCUT2D eigenvalue weighted by atomic mass is 10.3. The van der Waals surface area contributed by atoms with E-state index < -0.39 is 0 Å². The lowest BCUT2D eigenvalue weighted by molar-refractivity contribution is -0.113. The molecule has 7 nitrogen and oxygen atoms in total.